The Hall–Kier alpha value is -0.0400. The third-order valence-electron chi connectivity index (χ3n) is 3.65. The average molecular weight is 170 g/mol. The van der Waals surface area contributed by atoms with Crippen molar-refractivity contribution in [2.45, 2.75) is 53.1 Å². The zero-order valence-corrected chi connectivity index (χ0v) is 8.80. The van der Waals surface area contributed by atoms with Gasteiger partial charge in [-0.05, 0) is 30.1 Å². The lowest BCUT2D eigenvalue weighted by atomic mass is 9.57. The van der Waals surface area contributed by atoms with E-state index in [1.807, 2.05) is 0 Å². The molecule has 0 radical (unpaired) electrons. The van der Waals surface area contributed by atoms with Crippen molar-refractivity contribution >= 4 is 0 Å². The Labute approximate surface area is 76.2 Å². The Morgan fingerprint density at radius 3 is 1.67 bits per heavy atom. The molecule has 0 spiro atoms. The van der Waals surface area contributed by atoms with Gasteiger partial charge < -0.3 is 5.11 Å². The van der Waals surface area contributed by atoms with E-state index in [1.165, 1.54) is 19.3 Å². The maximum Gasteiger partial charge on any atom is 0.0621 e. The second-order valence-corrected chi connectivity index (χ2v) is 4.93. The van der Waals surface area contributed by atoms with Crippen LogP contribution in [-0.2, 0) is 0 Å². The van der Waals surface area contributed by atoms with Crippen LogP contribution < -0.4 is 0 Å². The fourth-order valence-electron chi connectivity index (χ4n) is 2.46. The summed E-state index contributed by atoms with van der Waals surface area (Å²) in [5.74, 6) is 1.04. The smallest absolute Gasteiger partial charge is 0.0621 e. The third kappa shape index (κ3) is 1.39. The molecule has 1 saturated carbocycles. The summed E-state index contributed by atoms with van der Waals surface area (Å²) in [7, 11) is 0. The Morgan fingerprint density at radius 1 is 1.08 bits per heavy atom. The van der Waals surface area contributed by atoms with Gasteiger partial charge in [0.05, 0.1) is 6.10 Å². The third-order valence-corrected chi connectivity index (χ3v) is 3.65. The molecule has 1 atom stereocenters. The molecule has 0 aliphatic heterocycles. The van der Waals surface area contributed by atoms with Crippen molar-refractivity contribution in [1.82, 2.24) is 0 Å². The second kappa shape index (κ2) is 3.37. The molecule has 0 heterocycles. The molecular weight excluding hydrogens is 148 g/mol. The molecule has 72 valence electrons. The van der Waals surface area contributed by atoms with Gasteiger partial charge in [-0.1, -0.05) is 34.1 Å². The van der Waals surface area contributed by atoms with Gasteiger partial charge in [0.2, 0.25) is 0 Å². The van der Waals surface area contributed by atoms with E-state index >= 15 is 0 Å². The van der Waals surface area contributed by atoms with Crippen molar-refractivity contribution in [2.75, 3.05) is 0 Å². The molecule has 0 bridgehead atoms. The quantitative estimate of drug-likeness (QED) is 0.690. The van der Waals surface area contributed by atoms with E-state index in [0.29, 0.717) is 11.8 Å². The van der Waals surface area contributed by atoms with Crippen LogP contribution in [0.4, 0.5) is 0 Å². The highest BCUT2D eigenvalue weighted by atomic mass is 16.3. The molecule has 0 saturated heterocycles. The highest BCUT2D eigenvalue weighted by molar-refractivity contribution is 4.96. The molecule has 1 fully saturated rings. The fraction of sp³-hybridized carbons (Fsp3) is 1.00. The number of aliphatic hydroxyl groups is 1. The minimum Gasteiger partial charge on any atom is -0.392 e. The van der Waals surface area contributed by atoms with Gasteiger partial charge in [-0.2, -0.15) is 0 Å². The van der Waals surface area contributed by atoms with E-state index < -0.39 is 0 Å². The first-order valence-electron chi connectivity index (χ1n) is 5.19. The van der Waals surface area contributed by atoms with E-state index in [2.05, 4.69) is 27.7 Å². The Balaban J connectivity index is 2.66. The van der Waals surface area contributed by atoms with Crippen LogP contribution in [0, 0.1) is 17.3 Å². The zero-order valence-electron chi connectivity index (χ0n) is 8.80. The highest BCUT2D eigenvalue weighted by Crippen LogP contribution is 2.51. The first-order valence-corrected chi connectivity index (χ1v) is 5.19. The second-order valence-electron chi connectivity index (χ2n) is 4.93. The van der Waals surface area contributed by atoms with E-state index in [0.717, 1.165) is 0 Å². The summed E-state index contributed by atoms with van der Waals surface area (Å²) in [6.45, 7) is 8.72. The van der Waals surface area contributed by atoms with Gasteiger partial charge in [0.1, 0.15) is 0 Å². The normalized spacial score (nSPS) is 24.2. The lowest BCUT2D eigenvalue weighted by Gasteiger charge is -2.50. The Kier molecular flexibility index (Phi) is 2.82. The summed E-state index contributed by atoms with van der Waals surface area (Å²) in [5, 5.41) is 10.1. The topological polar surface area (TPSA) is 20.2 Å². The van der Waals surface area contributed by atoms with Crippen molar-refractivity contribution < 1.29 is 5.11 Å². The predicted molar refractivity (Wildman–Crippen MR) is 52.0 cm³/mol. The van der Waals surface area contributed by atoms with Crippen molar-refractivity contribution in [1.29, 1.82) is 0 Å². The van der Waals surface area contributed by atoms with Crippen LogP contribution in [0.1, 0.15) is 47.0 Å². The summed E-state index contributed by atoms with van der Waals surface area (Å²) < 4.78 is 0. The fourth-order valence-corrected chi connectivity index (χ4v) is 2.46. The van der Waals surface area contributed by atoms with Crippen LogP contribution in [0.5, 0.6) is 0 Å². The number of rotatable bonds is 3. The van der Waals surface area contributed by atoms with Crippen LogP contribution in [0.15, 0.2) is 0 Å². The van der Waals surface area contributed by atoms with Crippen LogP contribution in [-0.4, -0.2) is 11.2 Å². The molecule has 0 aromatic heterocycles. The van der Waals surface area contributed by atoms with Crippen LogP contribution in [0.3, 0.4) is 0 Å². The Morgan fingerprint density at radius 2 is 1.58 bits per heavy atom. The number of hydrogen-bond acceptors (Lipinski definition) is 1. The molecule has 1 nitrogen and oxygen atoms in total. The average Bonchev–Trinajstić information content (AvgIpc) is 1.83. The summed E-state index contributed by atoms with van der Waals surface area (Å²) in [5.41, 5.74) is 0.258. The molecule has 0 aromatic rings. The van der Waals surface area contributed by atoms with E-state index in [4.69, 9.17) is 0 Å². The van der Waals surface area contributed by atoms with Crippen molar-refractivity contribution in [3.63, 3.8) is 0 Å². The molecule has 1 aliphatic carbocycles. The maximum absolute atomic E-state index is 10.1. The SMILES string of the molecule is CC(C)C(O)C1(C(C)C)CCC1. The molecule has 0 aromatic carbocycles. The first kappa shape index (κ1) is 10.0. The van der Waals surface area contributed by atoms with Crippen molar-refractivity contribution in [3.8, 4) is 0 Å². The van der Waals surface area contributed by atoms with Crippen molar-refractivity contribution in [2.24, 2.45) is 17.3 Å². The first-order chi connectivity index (χ1) is 5.50. The van der Waals surface area contributed by atoms with Crippen LogP contribution >= 0.6 is 0 Å². The molecule has 1 rings (SSSR count). The minimum absolute atomic E-state index is 0.0914. The van der Waals surface area contributed by atoms with Gasteiger partial charge in [-0.3, -0.25) is 0 Å². The lowest BCUT2D eigenvalue weighted by Crippen LogP contribution is -2.47. The molecule has 1 heteroatoms. The minimum atomic E-state index is -0.0914. The lowest BCUT2D eigenvalue weighted by molar-refractivity contribution is -0.0914. The van der Waals surface area contributed by atoms with Crippen LogP contribution in [0.25, 0.3) is 0 Å². The van der Waals surface area contributed by atoms with Gasteiger partial charge in [-0.15, -0.1) is 0 Å². The van der Waals surface area contributed by atoms with Gasteiger partial charge in [0.25, 0.3) is 0 Å². The van der Waals surface area contributed by atoms with Gasteiger partial charge in [0.15, 0.2) is 0 Å². The standard InChI is InChI=1S/C11H22O/c1-8(2)10(12)11(9(3)4)6-5-7-11/h8-10,12H,5-7H2,1-4H3. The number of aliphatic hydroxyl groups excluding tert-OH is 1. The van der Waals surface area contributed by atoms with Crippen molar-refractivity contribution in [3.05, 3.63) is 0 Å². The van der Waals surface area contributed by atoms with Gasteiger partial charge in [0, 0.05) is 0 Å². The molecule has 1 aliphatic rings. The Bertz CT molecular complexity index is 145. The molecule has 1 unspecified atom stereocenters. The van der Waals surface area contributed by atoms with E-state index in [1.54, 1.807) is 0 Å². The monoisotopic (exact) mass is 170 g/mol. The summed E-state index contributed by atoms with van der Waals surface area (Å²) in [6, 6.07) is 0. The highest BCUT2D eigenvalue weighted by Gasteiger charge is 2.46. The summed E-state index contributed by atoms with van der Waals surface area (Å²) in [6.07, 6.45) is 3.67. The molecular formula is C11H22O. The van der Waals surface area contributed by atoms with E-state index in [-0.39, 0.29) is 11.5 Å². The molecule has 12 heavy (non-hydrogen) atoms. The van der Waals surface area contributed by atoms with E-state index in [9.17, 15) is 5.11 Å². The number of hydrogen-bond donors (Lipinski definition) is 1. The summed E-state index contributed by atoms with van der Waals surface area (Å²) >= 11 is 0. The van der Waals surface area contributed by atoms with Gasteiger partial charge in [-0.25, -0.2) is 0 Å². The van der Waals surface area contributed by atoms with Crippen LogP contribution in [0.2, 0.25) is 0 Å². The van der Waals surface area contributed by atoms with Gasteiger partial charge >= 0.3 is 0 Å². The largest absolute Gasteiger partial charge is 0.392 e. The summed E-state index contributed by atoms with van der Waals surface area (Å²) in [4.78, 5) is 0. The zero-order chi connectivity index (χ0) is 9.35. The predicted octanol–water partition coefficient (Wildman–Crippen LogP) is 2.83. The maximum atomic E-state index is 10.1. The molecule has 1 N–H and O–H groups in total. The molecule has 0 amide bonds.